The Balaban J connectivity index is 2.16. The number of aromatic nitrogens is 1. The molecule has 1 heterocycles. The fraction of sp³-hybridized carbons (Fsp3) is 0.286. The zero-order valence-electron chi connectivity index (χ0n) is 11.3. The Morgan fingerprint density at radius 1 is 1.32 bits per heavy atom. The lowest BCUT2D eigenvalue weighted by atomic mass is 10.1. The van der Waals surface area contributed by atoms with Gasteiger partial charge in [-0.15, -0.1) is 11.3 Å². The summed E-state index contributed by atoms with van der Waals surface area (Å²) >= 11 is 1.43. The second kappa shape index (κ2) is 5.84. The first-order chi connectivity index (χ1) is 9.10. The highest BCUT2D eigenvalue weighted by atomic mass is 32.1. The Kier molecular flexibility index (Phi) is 4.16. The second-order valence-corrected chi connectivity index (χ2v) is 5.18. The maximum absolute atomic E-state index is 11.4. The van der Waals surface area contributed by atoms with Gasteiger partial charge in [-0.05, 0) is 38.0 Å². The lowest BCUT2D eigenvalue weighted by molar-refractivity contribution is 0.252. The molecule has 0 spiro atoms. The van der Waals surface area contributed by atoms with Crippen molar-refractivity contribution in [2.24, 2.45) is 0 Å². The van der Waals surface area contributed by atoms with Crippen molar-refractivity contribution in [1.29, 1.82) is 0 Å². The van der Waals surface area contributed by atoms with Crippen molar-refractivity contribution >= 4 is 22.5 Å². The Morgan fingerprint density at radius 3 is 2.79 bits per heavy atom. The topological polar surface area (TPSA) is 54.0 Å². The summed E-state index contributed by atoms with van der Waals surface area (Å²) in [6.07, 6.45) is 0. The van der Waals surface area contributed by atoms with Crippen LogP contribution in [0.5, 0.6) is 0 Å². The maximum Gasteiger partial charge on any atom is 0.321 e. The van der Waals surface area contributed by atoms with E-state index >= 15 is 0 Å². The average molecular weight is 275 g/mol. The number of rotatable bonds is 3. The maximum atomic E-state index is 11.4. The van der Waals surface area contributed by atoms with E-state index in [0.29, 0.717) is 11.7 Å². The van der Waals surface area contributed by atoms with Crippen LogP contribution in [0.2, 0.25) is 0 Å². The van der Waals surface area contributed by atoms with Crippen LogP contribution in [-0.4, -0.2) is 17.6 Å². The molecule has 19 heavy (non-hydrogen) atoms. The van der Waals surface area contributed by atoms with Gasteiger partial charge in [0.15, 0.2) is 5.13 Å². The van der Waals surface area contributed by atoms with E-state index in [4.69, 9.17) is 0 Å². The van der Waals surface area contributed by atoms with Crippen molar-refractivity contribution in [3.63, 3.8) is 0 Å². The van der Waals surface area contributed by atoms with Crippen LogP contribution in [0.15, 0.2) is 23.6 Å². The summed E-state index contributed by atoms with van der Waals surface area (Å²) in [5.74, 6) is 0. The highest BCUT2D eigenvalue weighted by molar-refractivity contribution is 7.14. The van der Waals surface area contributed by atoms with Gasteiger partial charge in [-0.3, -0.25) is 5.32 Å². The molecule has 0 radical (unpaired) electrons. The lowest BCUT2D eigenvalue weighted by Gasteiger charge is -2.03. The first kappa shape index (κ1) is 13.5. The minimum Gasteiger partial charge on any atom is -0.338 e. The van der Waals surface area contributed by atoms with Crippen LogP contribution in [0.3, 0.4) is 0 Å². The van der Waals surface area contributed by atoms with Gasteiger partial charge in [0.1, 0.15) is 0 Å². The van der Waals surface area contributed by atoms with E-state index in [1.807, 2.05) is 18.4 Å². The van der Waals surface area contributed by atoms with Gasteiger partial charge in [0.05, 0.1) is 5.69 Å². The number of anilines is 1. The molecule has 0 aliphatic rings. The molecule has 0 saturated heterocycles. The van der Waals surface area contributed by atoms with Crippen LogP contribution in [0, 0.1) is 13.8 Å². The molecule has 0 bridgehead atoms. The fourth-order valence-corrected chi connectivity index (χ4v) is 2.38. The van der Waals surface area contributed by atoms with E-state index in [2.05, 4.69) is 41.6 Å². The van der Waals surface area contributed by atoms with E-state index in [1.54, 1.807) is 0 Å². The number of carbonyl (C=O) groups is 1. The zero-order chi connectivity index (χ0) is 13.8. The number of carbonyl (C=O) groups excluding carboxylic acids is 1. The summed E-state index contributed by atoms with van der Waals surface area (Å²) in [6.45, 7) is 6.64. The van der Waals surface area contributed by atoms with Crippen LogP contribution in [0.25, 0.3) is 11.3 Å². The lowest BCUT2D eigenvalue weighted by Crippen LogP contribution is -2.28. The van der Waals surface area contributed by atoms with Gasteiger partial charge in [-0.1, -0.05) is 12.1 Å². The van der Waals surface area contributed by atoms with Gasteiger partial charge in [-0.25, -0.2) is 9.78 Å². The van der Waals surface area contributed by atoms with Gasteiger partial charge in [-0.2, -0.15) is 0 Å². The highest BCUT2D eigenvalue weighted by Crippen LogP contribution is 2.26. The first-order valence-electron chi connectivity index (χ1n) is 6.18. The van der Waals surface area contributed by atoms with E-state index in [-0.39, 0.29) is 6.03 Å². The van der Waals surface area contributed by atoms with Crippen molar-refractivity contribution in [3.8, 4) is 11.3 Å². The van der Waals surface area contributed by atoms with Crippen molar-refractivity contribution in [2.75, 3.05) is 11.9 Å². The van der Waals surface area contributed by atoms with E-state index in [9.17, 15) is 4.79 Å². The number of urea groups is 1. The number of benzene rings is 1. The molecule has 0 fully saturated rings. The molecule has 2 amide bonds. The molecular weight excluding hydrogens is 258 g/mol. The predicted octanol–water partition coefficient (Wildman–Crippen LogP) is 3.57. The third-order valence-electron chi connectivity index (χ3n) is 2.86. The molecule has 0 saturated carbocycles. The van der Waals surface area contributed by atoms with E-state index in [0.717, 1.165) is 11.3 Å². The predicted molar refractivity (Wildman–Crippen MR) is 79.7 cm³/mol. The third-order valence-corrected chi connectivity index (χ3v) is 3.62. The van der Waals surface area contributed by atoms with Crippen molar-refractivity contribution in [1.82, 2.24) is 10.3 Å². The Hall–Kier alpha value is -1.88. The molecule has 5 heteroatoms. The molecule has 0 aliphatic heterocycles. The number of hydrogen-bond donors (Lipinski definition) is 2. The molecule has 0 unspecified atom stereocenters. The Morgan fingerprint density at radius 2 is 2.11 bits per heavy atom. The van der Waals surface area contributed by atoms with Crippen LogP contribution in [0.4, 0.5) is 9.93 Å². The summed E-state index contributed by atoms with van der Waals surface area (Å²) in [5, 5.41) is 7.95. The molecule has 1 aromatic carbocycles. The molecule has 2 rings (SSSR count). The molecule has 2 aromatic rings. The number of aryl methyl sites for hydroxylation is 2. The average Bonchev–Trinajstić information content (AvgIpc) is 2.81. The number of nitrogens with one attached hydrogen (secondary N) is 2. The Labute approximate surface area is 116 Å². The molecular formula is C14H17N3OS. The summed E-state index contributed by atoms with van der Waals surface area (Å²) in [6, 6.07) is 6.03. The van der Waals surface area contributed by atoms with Gasteiger partial charge >= 0.3 is 6.03 Å². The SMILES string of the molecule is CCNC(=O)Nc1nc(-c2ccc(C)c(C)c2)cs1. The first-order valence-corrected chi connectivity index (χ1v) is 7.06. The molecule has 0 aliphatic carbocycles. The molecule has 4 nitrogen and oxygen atoms in total. The highest BCUT2D eigenvalue weighted by Gasteiger charge is 2.07. The molecule has 0 atom stereocenters. The Bertz CT molecular complexity index is 592. The standard InChI is InChI=1S/C14H17N3OS/c1-4-15-13(18)17-14-16-12(8-19-14)11-6-5-9(2)10(3)7-11/h5-8H,4H2,1-3H3,(H2,15,16,17,18). The van der Waals surface area contributed by atoms with Crippen molar-refractivity contribution in [3.05, 3.63) is 34.7 Å². The summed E-state index contributed by atoms with van der Waals surface area (Å²) in [7, 11) is 0. The van der Waals surface area contributed by atoms with E-state index < -0.39 is 0 Å². The monoisotopic (exact) mass is 275 g/mol. The normalized spacial score (nSPS) is 10.3. The smallest absolute Gasteiger partial charge is 0.321 e. The molecule has 100 valence electrons. The third kappa shape index (κ3) is 3.32. The molecule has 1 aromatic heterocycles. The number of amides is 2. The minimum atomic E-state index is -0.219. The van der Waals surface area contributed by atoms with Crippen LogP contribution < -0.4 is 10.6 Å². The van der Waals surface area contributed by atoms with Gasteiger partial charge in [0.2, 0.25) is 0 Å². The largest absolute Gasteiger partial charge is 0.338 e. The number of hydrogen-bond acceptors (Lipinski definition) is 3. The van der Waals surface area contributed by atoms with Crippen molar-refractivity contribution in [2.45, 2.75) is 20.8 Å². The molecule has 2 N–H and O–H groups in total. The summed E-state index contributed by atoms with van der Waals surface area (Å²) in [5.41, 5.74) is 4.46. The van der Waals surface area contributed by atoms with Crippen molar-refractivity contribution < 1.29 is 4.79 Å². The summed E-state index contributed by atoms with van der Waals surface area (Å²) < 4.78 is 0. The number of thiazole rings is 1. The fourth-order valence-electron chi connectivity index (χ4n) is 1.67. The van der Waals surface area contributed by atoms with Crippen LogP contribution in [0.1, 0.15) is 18.1 Å². The van der Waals surface area contributed by atoms with Gasteiger partial charge in [0, 0.05) is 17.5 Å². The second-order valence-electron chi connectivity index (χ2n) is 4.32. The minimum absolute atomic E-state index is 0.219. The van der Waals surface area contributed by atoms with Gasteiger partial charge < -0.3 is 5.32 Å². The van der Waals surface area contributed by atoms with E-state index in [1.165, 1.54) is 22.5 Å². The van der Waals surface area contributed by atoms with Gasteiger partial charge in [0.25, 0.3) is 0 Å². The number of nitrogens with zero attached hydrogens (tertiary/aromatic N) is 1. The van der Waals surface area contributed by atoms with Crippen LogP contribution in [-0.2, 0) is 0 Å². The van der Waals surface area contributed by atoms with Crippen LogP contribution >= 0.6 is 11.3 Å². The quantitative estimate of drug-likeness (QED) is 0.899. The summed E-state index contributed by atoms with van der Waals surface area (Å²) in [4.78, 5) is 15.8. The zero-order valence-corrected chi connectivity index (χ0v) is 12.1.